The number of fused-ring (bicyclic) bond motifs is 1. The number of anilines is 2. The van der Waals surface area contributed by atoms with Crippen LogP contribution in [0.1, 0.15) is 31.2 Å². The van der Waals surface area contributed by atoms with Crippen molar-refractivity contribution in [3.05, 3.63) is 22.7 Å². The van der Waals surface area contributed by atoms with Crippen molar-refractivity contribution < 1.29 is 9.21 Å². The number of halogens is 1. The van der Waals surface area contributed by atoms with Crippen LogP contribution in [0.3, 0.4) is 0 Å². The van der Waals surface area contributed by atoms with Gasteiger partial charge >= 0.3 is 6.01 Å². The van der Waals surface area contributed by atoms with Crippen molar-refractivity contribution in [1.82, 2.24) is 15.1 Å². The number of piperidine rings is 1. The lowest BCUT2D eigenvalue weighted by Crippen LogP contribution is -2.41. The standard InChI is InChI=1S/C19H22ClN5O2/c20-14-2-1-13(16-12(14)3-8-21-16)17-23-24-18(27-17)22-11-15(26)25-9-6-19(4-5-19)7-10-25/h1-2,21H,3-11H2,(H,22,24). The summed E-state index contributed by atoms with van der Waals surface area (Å²) < 4.78 is 5.73. The summed E-state index contributed by atoms with van der Waals surface area (Å²) in [4.78, 5) is 14.4. The maximum Gasteiger partial charge on any atom is 0.316 e. The highest BCUT2D eigenvalue weighted by Gasteiger charge is 2.45. The van der Waals surface area contributed by atoms with Gasteiger partial charge in [0.05, 0.1) is 17.8 Å². The molecule has 27 heavy (non-hydrogen) atoms. The van der Waals surface area contributed by atoms with E-state index >= 15 is 0 Å². The molecule has 3 heterocycles. The van der Waals surface area contributed by atoms with Gasteiger partial charge in [0.25, 0.3) is 5.89 Å². The van der Waals surface area contributed by atoms with Crippen molar-refractivity contribution in [2.24, 2.45) is 5.41 Å². The van der Waals surface area contributed by atoms with Gasteiger partial charge in [-0.15, -0.1) is 5.10 Å². The van der Waals surface area contributed by atoms with E-state index in [1.165, 1.54) is 12.8 Å². The first-order valence-electron chi connectivity index (χ1n) is 9.54. The van der Waals surface area contributed by atoms with Gasteiger partial charge in [0.1, 0.15) is 0 Å². The molecule has 2 aromatic rings. The molecule has 1 saturated heterocycles. The molecule has 142 valence electrons. The highest BCUT2D eigenvalue weighted by molar-refractivity contribution is 6.32. The normalized spacial score (nSPS) is 19.7. The number of likely N-dealkylation sites (tertiary alicyclic amines) is 1. The fourth-order valence-electron chi connectivity index (χ4n) is 4.13. The molecule has 1 saturated carbocycles. The largest absolute Gasteiger partial charge is 0.403 e. The first-order valence-corrected chi connectivity index (χ1v) is 9.92. The van der Waals surface area contributed by atoms with Crippen LogP contribution in [0, 0.1) is 5.41 Å². The number of amides is 1. The highest BCUT2D eigenvalue weighted by Crippen LogP contribution is 2.53. The Bertz CT molecular complexity index is 882. The van der Waals surface area contributed by atoms with Gasteiger partial charge in [-0.1, -0.05) is 16.7 Å². The summed E-state index contributed by atoms with van der Waals surface area (Å²) in [7, 11) is 0. The average molecular weight is 388 g/mol. The molecule has 2 aliphatic heterocycles. The third-order valence-electron chi connectivity index (χ3n) is 6.11. The topological polar surface area (TPSA) is 83.3 Å². The van der Waals surface area contributed by atoms with Crippen LogP contribution in [0.15, 0.2) is 16.5 Å². The van der Waals surface area contributed by atoms with E-state index in [1.807, 2.05) is 17.0 Å². The van der Waals surface area contributed by atoms with Crippen LogP contribution in [0.5, 0.6) is 0 Å². The van der Waals surface area contributed by atoms with Crippen molar-refractivity contribution >= 4 is 29.2 Å². The van der Waals surface area contributed by atoms with Crippen molar-refractivity contribution in [3.8, 4) is 11.5 Å². The van der Waals surface area contributed by atoms with Crippen LogP contribution >= 0.6 is 11.6 Å². The molecule has 0 bridgehead atoms. The van der Waals surface area contributed by atoms with Gasteiger partial charge in [-0.2, -0.15) is 0 Å². The molecule has 7 nitrogen and oxygen atoms in total. The Morgan fingerprint density at radius 3 is 2.85 bits per heavy atom. The van der Waals surface area contributed by atoms with Crippen LogP contribution in [0.2, 0.25) is 5.02 Å². The van der Waals surface area contributed by atoms with E-state index in [9.17, 15) is 4.79 Å². The lowest BCUT2D eigenvalue weighted by molar-refractivity contribution is -0.130. The minimum Gasteiger partial charge on any atom is -0.403 e. The van der Waals surface area contributed by atoms with E-state index in [-0.39, 0.29) is 18.5 Å². The molecular formula is C19H22ClN5O2. The maximum absolute atomic E-state index is 12.4. The van der Waals surface area contributed by atoms with Crippen molar-refractivity contribution in [3.63, 3.8) is 0 Å². The van der Waals surface area contributed by atoms with E-state index in [1.54, 1.807) is 0 Å². The first-order chi connectivity index (χ1) is 13.1. The second kappa shape index (κ2) is 6.41. The monoisotopic (exact) mass is 387 g/mol. The molecule has 1 spiro atoms. The van der Waals surface area contributed by atoms with Crippen molar-refractivity contribution in [2.45, 2.75) is 32.1 Å². The zero-order valence-electron chi connectivity index (χ0n) is 15.1. The van der Waals surface area contributed by atoms with Gasteiger partial charge in [0.15, 0.2) is 0 Å². The number of carbonyl (C=O) groups is 1. The number of hydrogen-bond acceptors (Lipinski definition) is 6. The molecule has 5 rings (SSSR count). The van der Waals surface area contributed by atoms with Crippen LogP contribution in [0.25, 0.3) is 11.5 Å². The van der Waals surface area contributed by atoms with Crippen LogP contribution < -0.4 is 10.6 Å². The summed E-state index contributed by atoms with van der Waals surface area (Å²) >= 11 is 6.25. The molecular weight excluding hydrogens is 366 g/mol. The van der Waals surface area contributed by atoms with E-state index in [4.69, 9.17) is 16.0 Å². The van der Waals surface area contributed by atoms with Crippen molar-refractivity contribution in [2.75, 3.05) is 36.8 Å². The first kappa shape index (κ1) is 16.9. The Morgan fingerprint density at radius 2 is 2.07 bits per heavy atom. The zero-order chi connectivity index (χ0) is 18.4. The van der Waals surface area contributed by atoms with Gasteiger partial charge in [-0.25, -0.2) is 0 Å². The predicted molar refractivity (Wildman–Crippen MR) is 103 cm³/mol. The molecule has 1 aromatic heterocycles. The average Bonchev–Trinajstić information content (AvgIpc) is 3.11. The fraction of sp³-hybridized carbons (Fsp3) is 0.526. The SMILES string of the molecule is O=C(CNc1nnc(-c2ccc(Cl)c3c2NCC3)o1)N1CCC2(CC1)CC2. The van der Waals surface area contributed by atoms with Gasteiger partial charge in [-0.05, 0) is 55.2 Å². The Kier molecular flexibility index (Phi) is 4.00. The van der Waals surface area contributed by atoms with Crippen LogP contribution in [-0.2, 0) is 11.2 Å². The Morgan fingerprint density at radius 1 is 1.26 bits per heavy atom. The number of benzene rings is 1. The smallest absolute Gasteiger partial charge is 0.316 e. The number of carbonyl (C=O) groups excluding carboxylic acids is 1. The second-order valence-corrected chi connectivity index (χ2v) is 8.18. The predicted octanol–water partition coefficient (Wildman–Crippen LogP) is 3.17. The number of hydrogen-bond donors (Lipinski definition) is 2. The lowest BCUT2D eigenvalue weighted by atomic mass is 9.94. The number of rotatable bonds is 4. The maximum atomic E-state index is 12.4. The van der Waals surface area contributed by atoms with Gasteiger partial charge in [0.2, 0.25) is 5.91 Å². The van der Waals surface area contributed by atoms with E-state index in [0.717, 1.165) is 60.7 Å². The summed E-state index contributed by atoms with van der Waals surface area (Å²) in [6.07, 6.45) is 5.83. The zero-order valence-corrected chi connectivity index (χ0v) is 15.8. The number of nitrogens with zero attached hydrogens (tertiary/aromatic N) is 3. The molecule has 2 fully saturated rings. The minimum absolute atomic E-state index is 0.0827. The van der Waals surface area contributed by atoms with Crippen molar-refractivity contribution in [1.29, 1.82) is 0 Å². The van der Waals surface area contributed by atoms with Gasteiger partial charge in [-0.3, -0.25) is 4.79 Å². The summed E-state index contributed by atoms with van der Waals surface area (Å²) in [6.45, 7) is 2.74. The highest BCUT2D eigenvalue weighted by atomic mass is 35.5. The Hall–Kier alpha value is -2.28. The van der Waals surface area contributed by atoms with E-state index in [2.05, 4.69) is 20.8 Å². The molecule has 0 unspecified atom stereocenters. The number of nitrogens with one attached hydrogen (secondary N) is 2. The molecule has 3 aliphatic rings. The molecule has 0 atom stereocenters. The fourth-order valence-corrected chi connectivity index (χ4v) is 4.39. The third kappa shape index (κ3) is 3.14. The summed E-state index contributed by atoms with van der Waals surface area (Å²) in [5.74, 6) is 0.500. The summed E-state index contributed by atoms with van der Waals surface area (Å²) in [6, 6.07) is 3.99. The molecule has 2 N–H and O–H groups in total. The molecule has 1 amide bonds. The quantitative estimate of drug-likeness (QED) is 0.838. The van der Waals surface area contributed by atoms with Crippen LogP contribution in [-0.4, -0.2) is 47.2 Å². The van der Waals surface area contributed by atoms with Gasteiger partial charge in [0, 0.05) is 24.7 Å². The van der Waals surface area contributed by atoms with Crippen LogP contribution in [0.4, 0.5) is 11.7 Å². The van der Waals surface area contributed by atoms with E-state index in [0.29, 0.717) is 11.3 Å². The van der Waals surface area contributed by atoms with E-state index < -0.39 is 0 Å². The second-order valence-electron chi connectivity index (χ2n) is 7.77. The molecule has 1 aliphatic carbocycles. The molecule has 8 heteroatoms. The third-order valence-corrected chi connectivity index (χ3v) is 6.47. The Labute approximate surface area is 162 Å². The summed E-state index contributed by atoms with van der Waals surface area (Å²) in [5, 5.41) is 15.2. The summed E-state index contributed by atoms with van der Waals surface area (Å²) in [5.41, 5.74) is 3.44. The number of aromatic nitrogens is 2. The molecule has 1 aromatic carbocycles. The minimum atomic E-state index is 0.0827. The molecule has 0 radical (unpaired) electrons. The van der Waals surface area contributed by atoms with Gasteiger partial charge < -0.3 is 20.0 Å². The lowest BCUT2D eigenvalue weighted by Gasteiger charge is -2.32. The Balaban J connectivity index is 1.23.